The summed E-state index contributed by atoms with van der Waals surface area (Å²) in [6.07, 6.45) is 0. The second-order valence-electron chi connectivity index (χ2n) is 4.99. The molecule has 0 heterocycles. The van der Waals surface area contributed by atoms with E-state index in [0.29, 0.717) is 5.75 Å². The summed E-state index contributed by atoms with van der Waals surface area (Å²) < 4.78 is 24.9. The Morgan fingerprint density at radius 1 is 1.00 bits per heavy atom. The number of nitrogens with one attached hydrogen (secondary N) is 2. The molecule has 2 N–H and O–H groups in total. The quantitative estimate of drug-likeness (QED) is 0.782. The summed E-state index contributed by atoms with van der Waals surface area (Å²) in [7, 11) is -1.14. The maximum absolute atomic E-state index is 13.0. The Bertz CT molecular complexity index is 738. The minimum absolute atomic E-state index is 0.120. The van der Waals surface area contributed by atoms with Gasteiger partial charge >= 0.3 is 11.8 Å². The number of benzene rings is 2. The molecule has 0 saturated heterocycles. The standard InChI is InChI=1S/C17H17FN2O3S/c18-14-7-4-8-15(11-14)20-17(22)16(21)19-9-10-24(23)12-13-5-2-1-3-6-13/h1-8,11H,9-10,12H2,(H,19,21)(H,20,22)/t24-/m0/s1. The first-order valence-electron chi connectivity index (χ1n) is 7.28. The van der Waals surface area contributed by atoms with E-state index in [9.17, 15) is 18.2 Å². The smallest absolute Gasteiger partial charge is 0.313 e. The van der Waals surface area contributed by atoms with Gasteiger partial charge in [0.15, 0.2) is 0 Å². The van der Waals surface area contributed by atoms with Gasteiger partial charge in [0.1, 0.15) is 5.82 Å². The van der Waals surface area contributed by atoms with Gasteiger partial charge in [-0.3, -0.25) is 13.8 Å². The molecule has 126 valence electrons. The van der Waals surface area contributed by atoms with Crippen LogP contribution in [0.3, 0.4) is 0 Å². The molecule has 0 radical (unpaired) electrons. The van der Waals surface area contributed by atoms with Crippen LogP contribution in [0.25, 0.3) is 0 Å². The number of carbonyl (C=O) groups is 2. The highest BCUT2D eigenvalue weighted by Gasteiger charge is 2.13. The van der Waals surface area contributed by atoms with Crippen LogP contribution in [0, 0.1) is 5.82 Å². The monoisotopic (exact) mass is 348 g/mol. The molecule has 2 amide bonds. The van der Waals surface area contributed by atoms with Gasteiger partial charge in [-0.15, -0.1) is 0 Å². The van der Waals surface area contributed by atoms with Crippen LogP contribution in [-0.2, 0) is 26.1 Å². The van der Waals surface area contributed by atoms with Gasteiger partial charge in [-0.05, 0) is 23.8 Å². The van der Waals surface area contributed by atoms with Crippen molar-refractivity contribution in [3.8, 4) is 0 Å². The lowest BCUT2D eigenvalue weighted by Gasteiger charge is -2.07. The van der Waals surface area contributed by atoms with Crippen LogP contribution in [0.2, 0.25) is 0 Å². The van der Waals surface area contributed by atoms with Crippen LogP contribution in [0.5, 0.6) is 0 Å². The molecule has 2 aromatic rings. The van der Waals surface area contributed by atoms with Crippen LogP contribution in [0.15, 0.2) is 54.6 Å². The highest BCUT2D eigenvalue weighted by atomic mass is 32.2. The van der Waals surface area contributed by atoms with Crippen LogP contribution >= 0.6 is 0 Å². The minimum atomic E-state index is -1.14. The van der Waals surface area contributed by atoms with Crippen molar-refractivity contribution < 1.29 is 18.2 Å². The summed E-state index contributed by atoms with van der Waals surface area (Å²) in [6.45, 7) is 0.120. The number of hydrogen-bond acceptors (Lipinski definition) is 3. The molecule has 0 saturated carbocycles. The first-order chi connectivity index (χ1) is 11.5. The van der Waals surface area contributed by atoms with Crippen molar-refractivity contribution in [2.45, 2.75) is 5.75 Å². The molecule has 24 heavy (non-hydrogen) atoms. The lowest BCUT2D eigenvalue weighted by atomic mass is 10.2. The van der Waals surface area contributed by atoms with Gasteiger partial charge in [0.2, 0.25) is 0 Å². The van der Waals surface area contributed by atoms with Gasteiger partial charge < -0.3 is 10.6 Å². The molecule has 0 spiro atoms. The maximum atomic E-state index is 13.0. The molecule has 0 aliphatic rings. The summed E-state index contributed by atoms with van der Waals surface area (Å²) in [4.78, 5) is 23.3. The highest BCUT2D eigenvalue weighted by molar-refractivity contribution is 7.84. The van der Waals surface area contributed by atoms with Gasteiger partial charge in [0, 0.05) is 34.5 Å². The Labute approximate surface area is 141 Å². The summed E-state index contributed by atoms with van der Waals surface area (Å²) in [5.74, 6) is -1.62. The molecular formula is C17H17FN2O3S. The molecule has 2 aromatic carbocycles. The van der Waals surface area contributed by atoms with E-state index in [2.05, 4.69) is 10.6 Å². The van der Waals surface area contributed by atoms with Crippen molar-refractivity contribution >= 4 is 28.3 Å². The number of amides is 2. The first-order valence-corrected chi connectivity index (χ1v) is 8.77. The molecule has 1 atom stereocenters. The van der Waals surface area contributed by atoms with E-state index >= 15 is 0 Å². The SMILES string of the molecule is O=C(NCC[S@](=O)Cc1ccccc1)C(=O)Nc1cccc(F)c1. The van der Waals surface area contributed by atoms with E-state index < -0.39 is 28.4 Å². The maximum Gasteiger partial charge on any atom is 0.313 e. The normalized spacial score (nSPS) is 11.5. The van der Waals surface area contributed by atoms with Crippen LogP contribution < -0.4 is 10.6 Å². The van der Waals surface area contributed by atoms with E-state index in [1.165, 1.54) is 18.2 Å². The lowest BCUT2D eigenvalue weighted by molar-refractivity contribution is -0.136. The fourth-order valence-corrected chi connectivity index (χ4v) is 2.98. The Hall–Kier alpha value is -2.54. The molecule has 0 unspecified atom stereocenters. The molecule has 5 nitrogen and oxygen atoms in total. The number of anilines is 1. The van der Waals surface area contributed by atoms with Gasteiger partial charge in [0.25, 0.3) is 0 Å². The van der Waals surface area contributed by atoms with Gasteiger partial charge in [-0.2, -0.15) is 0 Å². The predicted octanol–water partition coefficient (Wildman–Crippen LogP) is 1.83. The van der Waals surface area contributed by atoms with Crippen molar-refractivity contribution in [3.63, 3.8) is 0 Å². The van der Waals surface area contributed by atoms with Crippen molar-refractivity contribution in [1.29, 1.82) is 0 Å². The van der Waals surface area contributed by atoms with Crippen LogP contribution in [0.1, 0.15) is 5.56 Å². The molecule has 2 rings (SSSR count). The third-order valence-electron chi connectivity index (χ3n) is 3.07. The zero-order chi connectivity index (χ0) is 17.4. The summed E-state index contributed by atoms with van der Waals surface area (Å²) in [5.41, 5.74) is 1.15. The summed E-state index contributed by atoms with van der Waals surface area (Å²) in [5, 5.41) is 4.69. The average molecular weight is 348 g/mol. The second-order valence-corrected chi connectivity index (χ2v) is 6.57. The number of carbonyl (C=O) groups excluding carboxylic acids is 2. The van der Waals surface area contributed by atoms with E-state index in [0.717, 1.165) is 11.6 Å². The Kier molecular flexibility index (Phi) is 6.62. The van der Waals surface area contributed by atoms with E-state index in [1.54, 1.807) is 0 Å². The second kappa shape index (κ2) is 8.93. The largest absolute Gasteiger partial charge is 0.347 e. The van der Waals surface area contributed by atoms with Crippen LogP contribution in [-0.4, -0.2) is 28.3 Å². The van der Waals surface area contributed by atoms with E-state index in [1.807, 2.05) is 30.3 Å². The zero-order valence-corrected chi connectivity index (χ0v) is 13.6. The fraction of sp³-hybridized carbons (Fsp3) is 0.176. The third-order valence-corrected chi connectivity index (χ3v) is 4.39. The number of rotatable bonds is 6. The molecule has 7 heteroatoms. The molecule has 0 aliphatic carbocycles. The minimum Gasteiger partial charge on any atom is -0.347 e. The number of hydrogen-bond donors (Lipinski definition) is 2. The average Bonchev–Trinajstić information content (AvgIpc) is 2.55. The Morgan fingerprint density at radius 2 is 1.75 bits per heavy atom. The van der Waals surface area contributed by atoms with Crippen molar-refractivity contribution in [2.75, 3.05) is 17.6 Å². The lowest BCUT2D eigenvalue weighted by Crippen LogP contribution is -2.37. The van der Waals surface area contributed by atoms with E-state index in [4.69, 9.17) is 0 Å². The molecule has 0 aliphatic heterocycles. The Morgan fingerprint density at radius 3 is 2.46 bits per heavy atom. The van der Waals surface area contributed by atoms with Gasteiger partial charge in [-0.25, -0.2) is 4.39 Å². The first kappa shape index (κ1) is 17.8. The van der Waals surface area contributed by atoms with Crippen molar-refractivity contribution in [3.05, 3.63) is 66.0 Å². The zero-order valence-electron chi connectivity index (χ0n) is 12.8. The number of halogens is 1. The molecular weight excluding hydrogens is 331 g/mol. The third kappa shape index (κ3) is 5.92. The fourth-order valence-electron chi connectivity index (χ4n) is 1.95. The van der Waals surface area contributed by atoms with Crippen molar-refractivity contribution in [2.24, 2.45) is 0 Å². The molecule has 0 bridgehead atoms. The van der Waals surface area contributed by atoms with Crippen molar-refractivity contribution in [1.82, 2.24) is 5.32 Å². The topological polar surface area (TPSA) is 75.3 Å². The molecule has 0 fully saturated rings. The van der Waals surface area contributed by atoms with Crippen LogP contribution in [0.4, 0.5) is 10.1 Å². The summed E-state index contributed by atoms with van der Waals surface area (Å²) in [6, 6.07) is 14.6. The highest BCUT2D eigenvalue weighted by Crippen LogP contribution is 2.08. The van der Waals surface area contributed by atoms with Gasteiger partial charge in [0.05, 0.1) is 0 Å². The van der Waals surface area contributed by atoms with E-state index in [-0.39, 0.29) is 18.0 Å². The summed E-state index contributed by atoms with van der Waals surface area (Å²) >= 11 is 0. The molecule has 0 aromatic heterocycles. The Balaban J connectivity index is 1.72. The predicted molar refractivity (Wildman–Crippen MR) is 91.2 cm³/mol. The van der Waals surface area contributed by atoms with Gasteiger partial charge in [-0.1, -0.05) is 36.4 Å².